The van der Waals surface area contributed by atoms with Crippen LogP contribution >= 0.6 is 11.6 Å². The van der Waals surface area contributed by atoms with E-state index in [-0.39, 0.29) is 0 Å². The van der Waals surface area contributed by atoms with Crippen molar-refractivity contribution in [1.29, 1.82) is 0 Å². The molecule has 16 heavy (non-hydrogen) atoms. The summed E-state index contributed by atoms with van der Waals surface area (Å²) in [6.45, 7) is 0. The van der Waals surface area contributed by atoms with Gasteiger partial charge in [0.05, 0.1) is 12.1 Å². The summed E-state index contributed by atoms with van der Waals surface area (Å²) < 4.78 is 5.51. The standard InChI is InChI=1S/C13H18ClNO/c1-16-13-8-3-2-7-12(13)15-11-6-4-5-10(14)9-11/h4-6,9,12-13,15H,2-3,7-8H2,1H3. The van der Waals surface area contributed by atoms with Crippen LogP contribution in [0, 0.1) is 0 Å². The first-order chi connectivity index (χ1) is 7.79. The van der Waals surface area contributed by atoms with Crippen molar-refractivity contribution in [2.24, 2.45) is 0 Å². The van der Waals surface area contributed by atoms with Crippen LogP contribution in [0.2, 0.25) is 5.02 Å². The van der Waals surface area contributed by atoms with Gasteiger partial charge < -0.3 is 10.1 Å². The molecule has 0 heterocycles. The van der Waals surface area contributed by atoms with Gasteiger partial charge in [-0.15, -0.1) is 0 Å². The maximum absolute atomic E-state index is 5.96. The molecule has 1 aromatic rings. The number of benzene rings is 1. The highest BCUT2D eigenvalue weighted by atomic mass is 35.5. The molecule has 2 rings (SSSR count). The minimum absolute atomic E-state index is 0.327. The first-order valence-electron chi connectivity index (χ1n) is 5.84. The summed E-state index contributed by atoms with van der Waals surface area (Å²) >= 11 is 5.96. The highest BCUT2D eigenvalue weighted by Gasteiger charge is 2.24. The molecule has 0 saturated heterocycles. The van der Waals surface area contributed by atoms with E-state index in [9.17, 15) is 0 Å². The minimum atomic E-state index is 0.327. The van der Waals surface area contributed by atoms with Crippen molar-refractivity contribution in [3.63, 3.8) is 0 Å². The second-order valence-corrected chi connectivity index (χ2v) is 4.76. The summed E-state index contributed by atoms with van der Waals surface area (Å²) in [5.74, 6) is 0. The van der Waals surface area contributed by atoms with Gasteiger partial charge in [0.2, 0.25) is 0 Å². The minimum Gasteiger partial charge on any atom is -0.380 e. The average molecular weight is 240 g/mol. The van der Waals surface area contributed by atoms with Crippen molar-refractivity contribution in [2.75, 3.05) is 12.4 Å². The van der Waals surface area contributed by atoms with Crippen LogP contribution in [0.3, 0.4) is 0 Å². The van der Waals surface area contributed by atoms with Crippen LogP contribution in [0.4, 0.5) is 5.69 Å². The molecular formula is C13H18ClNO. The van der Waals surface area contributed by atoms with Gasteiger partial charge in [-0.25, -0.2) is 0 Å². The summed E-state index contributed by atoms with van der Waals surface area (Å²) in [5.41, 5.74) is 1.08. The number of ether oxygens (including phenoxy) is 1. The van der Waals surface area contributed by atoms with Crippen molar-refractivity contribution < 1.29 is 4.74 Å². The van der Waals surface area contributed by atoms with Crippen LogP contribution in [0.25, 0.3) is 0 Å². The third-order valence-corrected chi connectivity index (χ3v) is 3.42. The van der Waals surface area contributed by atoms with Gasteiger partial charge in [0.25, 0.3) is 0 Å². The van der Waals surface area contributed by atoms with E-state index < -0.39 is 0 Å². The lowest BCUT2D eigenvalue weighted by Crippen LogP contribution is -2.37. The van der Waals surface area contributed by atoms with Gasteiger partial charge in [-0.05, 0) is 31.0 Å². The van der Waals surface area contributed by atoms with Crippen LogP contribution in [0.15, 0.2) is 24.3 Å². The molecule has 0 radical (unpaired) electrons. The number of nitrogens with one attached hydrogen (secondary N) is 1. The Balaban J connectivity index is 2.02. The predicted molar refractivity (Wildman–Crippen MR) is 68.1 cm³/mol. The molecule has 0 aromatic heterocycles. The van der Waals surface area contributed by atoms with Gasteiger partial charge in [0, 0.05) is 17.8 Å². The van der Waals surface area contributed by atoms with Gasteiger partial charge in [-0.2, -0.15) is 0 Å². The zero-order chi connectivity index (χ0) is 11.4. The molecule has 0 bridgehead atoms. The highest BCUT2D eigenvalue weighted by Crippen LogP contribution is 2.25. The summed E-state index contributed by atoms with van der Waals surface area (Å²) in [6, 6.07) is 8.28. The van der Waals surface area contributed by atoms with Gasteiger partial charge in [-0.3, -0.25) is 0 Å². The molecule has 1 aliphatic carbocycles. The quantitative estimate of drug-likeness (QED) is 0.868. The Morgan fingerprint density at radius 2 is 2.12 bits per heavy atom. The Kier molecular flexibility index (Phi) is 4.08. The zero-order valence-corrected chi connectivity index (χ0v) is 10.3. The fraction of sp³-hybridized carbons (Fsp3) is 0.538. The molecule has 2 atom stereocenters. The maximum Gasteiger partial charge on any atom is 0.0772 e. The summed E-state index contributed by atoms with van der Waals surface area (Å²) in [7, 11) is 1.79. The molecule has 0 spiro atoms. The van der Waals surface area contributed by atoms with E-state index in [0.29, 0.717) is 12.1 Å². The summed E-state index contributed by atoms with van der Waals surface area (Å²) in [5, 5.41) is 4.29. The van der Waals surface area contributed by atoms with Gasteiger partial charge in [0.15, 0.2) is 0 Å². The van der Waals surface area contributed by atoms with Crippen molar-refractivity contribution >= 4 is 17.3 Å². The molecule has 0 aliphatic heterocycles. The Morgan fingerprint density at radius 3 is 2.88 bits per heavy atom. The molecule has 0 amide bonds. The molecular weight excluding hydrogens is 222 g/mol. The molecule has 2 unspecified atom stereocenters. The van der Waals surface area contributed by atoms with E-state index in [4.69, 9.17) is 16.3 Å². The number of methoxy groups -OCH3 is 1. The second kappa shape index (κ2) is 5.55. The Morgan fingerprint density at radius 1 is 1.31 bits per heavy atom. The fourth-order valence-electron chi connectivity index (χ4n) is 2.34. The van der Waals surface area contributed by atoms with Crippen molar-refractivity contribution in [2.45, 2.75) is 37.8 Å². The SMILES string of the molecule is COC1CCCCC1Nc1cccc(Cl)c1. The van der Waals surface area contributed by atoms with Crippen LogP contribution < -0.4 is 5.32 Å². The van der Waals surface area contributed by atoms with Crippen molar-refractivity contribution in [3.05, 3.63) is 29.3 Å². The number of halogens is 1. The van der Waals surface area contributed by atoms with E-state index in [2.05, 4.69) is 5.32 Å². The smallest absolute Gasteiger partial charge is 0.0772 e. The molecule has 1 N–H and O–H groups in total. The largest absolute Gasteiger partial charge is 0.380 e. The number of hydrogen-bond donors (Lipinski definition) is 1. The lowest BCUT2D eigenvalue weighted by Gasteiger charge is -2.31. The van der Waals surface area contributed by atoms with Gasteiger partial charge in [0.1, 0.15) is 0 Å². The maximum atomic E-state index is 5.96. The molecule has 2 nitrogen and oxygen atoms in total. The normalized spacial score (nSPS) is 25.4. The Hall–Kier alpha value is -0.730. The van der Waals surface area contributed by atoms with E-state index in [0.717, 1.165) is 17.1 Å². The number of hydrogen-bond acceptors (Lipinski definition) is 2. The third kappa shape index (κ3) is 2.89. The first kappa shape index (κ1) is 11.7. The summed E-state index contributed by atoms with van der Waals surface area (Å²) in [4.78, 5) is 0. The third-order valence-electron chi connectivity index (χ3n) is 3.18. The molecule has 88 valence electrons. The lowest BCUT2D eigenvalue weighted by molar-refractivity contribution is 0.0606. The Bertz CT molecular complexity index is 342. The molecule has 3 heteroatoms. The second-order valence-electron chi connectivity index (χ2n) is 4.32. The van der Waals surface area contributed by atoms with E-state index in [1.165, 1.54) is 19.3 Å². The number of rotatable bonds is 3. The van der Waals surface area contributed by atoms with Crippen LogP contribution in [-0.4, -0.2) is 19.3 Å². The van der Waals surface area contributed by atoms with E-state index in [1.54, 1.807) is 7.11 Å². The molecule has 1 aliphatic rings. The molecule has 1 fully saturated rings. The average Bonchev–Trinajstić information content (AvgIpc) is 2.30. The van der Waals surface area contributed by atoms with Crippen LogP contribution in [-0.2, 0) is 4.74 Å². The first-order valence-corrected chi connectivity index (χ1v) is 6.22. The summed E-state index contributed by atoms with van der Waals surface area (Å²) in [6.07, 6.45) is 5.19. The van der Waals surface area contributed by atoms with Gasteiger partial charge >= 0.3 is 0 Å². The van der Waals surface area contributed by atoms with E-state index >= 15 is 0 Å². The molecule has 1 saturated carbocycles. The van der Waals surface area contributed by atoms with Crippen molar-refractivity contribution in [1.82, 2.24) is 0 Å². The topological polar surface area (TPSA) is 21.3 Å². The Labute approximate surface area is 102 Å². The van der Waals surface area contributed by atoms with Crippen molar-refractivity contribution in [3.8, 4) is 0 Å². The zero-order valence-electron chi connectivity index (χ0n) is 9.58. The number of anilines is 1. The van der Waals surface area contributed by atoms with E-state index in [1.807, 2.05) is 24.3 Å². The van der Waals surface area contributed by atoms with Crippen LogP contribution in [0.1, 0.15) is 25.7 Å². The predicted octanol–water partition coefficient (Wildman–Crippen LogP) is 3.71. The fourth-order valence-corrected chi connectivity index (χ4v) is 2.53. The van der Waals surface area contributed by atoms with Crippen LogP contribution in [0.5, 0.6) is 0 Å². The van der Waals surface area contributed by atoms with Gasteiger partial charge in [-0.1, -0.05) is 30.5 Å². The monoisotopic (exact) mass is 239 g/mol. The lowest BCUT2D eigenvalue weighted by atomic mass is 9.92. The highest BCUT2D eigenvalue weighted by molar-refractivity contribution is 6.30. The molecule has 1 aromatic carbocycles.